The first-order valence-corrected chi connectivity index (χ1v) is 8.19. The normalized spacial score (nSPS) is 32.1. The molecule has 0 radical (unpaired) electrons. The maximum Gasteiger partial charge on any atom is 0.225 e. The van der Waals surface area contributed by atoms with Gasteiger partial charge in [0.25, 0.3) is 0 Å². The topological polar surface area (TPSA) is 55.1 Å². The van der Waals surface area contributed by atoms with E-state index < -0.39 is 0 Å². The Morgan fingerprint density at radius 1 is 1.18 bits per heavy atom. The molecule has 2 saturated carbocycles. The molecule has 22 heavy (non-hydrogen) atoms. The quantitative estimate of drug-likeness (QED) is 0.895. The van der Waals surface area contributed by atoms with E-state index in [1.54, 1.807) is 0 Å². The number of halogens is 1. The molecule has 0 heterocycles. The van der Waals surface area contributed by atoms with E-state index >= 15 is 0 Å². The van der Waals surface area contributed by atoms with Crippen LogP contribution in [0.5, 0.6) is 0 Å². The molecule has 6 atom stereocenters. The summed E-state index contributed by atoms with van der Waals surface area (Å²) in [5.74, 6) is 1.61. The van der Waals surface area contributed by atoms with E-state index in [0.717, 1.165) is 6.42 Å². The van der Waals surface area contributed by atoms with E-state index in [1.165, 1.54) is 18.4 Å². The summed E-state index contributed by atoms with van der Waals surface area (Å²) in [6.07, 6.45) is 3.55. The number of carbonyl (C=O) groups is 1. The van der Waals surface area contributed by atoms with Gasteiger partial charge in [0.2, 0.25) is 5.91 Å². The van der Waals surface area contributed by atoms with Gasteiger partial charge in [0.05, 0.1) is 5.92 Å². The molecule has 0 aliphatic heterocycles. The van der Waals surface area contributed by atoms with Gasteiger partial charge in [-0.3, -0.25) is 4.79 Å². The zero-order chi connectivity index (χ0) is 15.0. The number of amides is 1. The minimum Gasteiger partial charge on any atom is -0.353 e. The highest BCUT2D eigenvalue weighted by atomic mass is 35.5. The van der Waals surface area contributed by atoms with E-state index in [4.69, 9.17) is 5.73 Å². The van der Waals surface area contributed by atoms with Crippen molar-refractivity contribution in [1.82, 2.24) is 5.32 Å². The summed E-state index contributed by atoms with van der Waals surface area (Å²) in [6, 6.07) is 10.6. The van der Waals surface area contributed by atoms with Crippen LogP contribution in [-0.4, -0.2) is 18.0 Å². The van der Waals surface area contributed by atoms with Gasteiger partial charge in [-0.2, -0.15) is 0 Å². The zero-order valence-corrected chi connectivity index (χ0v) is 14.2. The van der Waals surface area contributed by atoms with Crippen LogP contribution in [0.2, 0.25) is 0 Å². The summed E-state index contributed by atoms with van der Waals surface area (Å²) in [5, 5.41) is 3.22. The van der Waals surface area contributed by atoms with E-state index in [1.807, 2.05) is 18.2 Å². The van der Waals surface area contributed by atoms with E-state index in [9.17, 15) is 4.79 Å². The van der Waals surface area contributed by atoms with Crippen LogP contribution >= 0.6 is 12.4 Å². The largest absolute Gasteiger partial charge is 0.353 e. The molecule has 6 unspecified atom stereocenters. The van der Waals surface area contributed by atoms with Gasteiger partial charge in [-0.05, 0) is 43.6 Å². The molecule has 1 amide bonds. The summed E-state index contributed by atoms with van der Waals surface area (Å²) < 4.78 is 0. The van der Waals surface area contributed by atoms with Gasteiger partial charge in [0.1, 0.15) is 0 Å². The van der Waals surface area contributed by atoms with Crippen LogP contribution in [0.3, 0.4) is 0 Å². The van der Waals surface area contributed by atoms with Crippen molar-refractivity contribution < 1.29 is 4.79 Å². The number of fused-ring (bicyclic) bond motifs is 2. The number of hydrogen-bond acceptors (Lipinski definition) is 2. The monoisotopic (exact) mass is 322 g/mol. The zero-order valence-electron chi connectivity index (χ0n) is 13.4. The molecule has 3 nitrogen and oxygen atoms in total. The maximum absolute atomic E-state index is 12.6. The lowest BCUT2D eigenvalue weighted by molar-refractivity contribution is -0.127. The van der Waals surface area contributed by atoms with Crippen LogP contribution in [0.1, 0.15) is 44.6 Å². The van der Waals surface area contributed by atoms with Crippen LogP contribution in [0.4, 0.5) is 0 Å². The van der Waals surface area contributed by atoms with E-state index in [2.05, 4.69) is 31.3 Å². The van der Waals surface area contributed by atoms with Gasteiger partial charge >= 0.3 is 0 Å². The molecular formula is C18H27ClN2O. The average molecular weight is 323 g/mol. The predicted octanol–water partition coefficient (Wildman–Crippen LogP) is 3.09. The Morgan fingerprint density at radius 3 is 2.41 bits per heavy atom. The third-order valence-electron chi connectivity index (χ3n) is 5.73. The third-order valence-corrected chi connectivity index (χ3v) is 5.73. The van der Waals surface area contributed by atoms with Crippen LogP contribution in [-0.2, 0) is 4.79 Å². The summed E-state index contributed by atoms with van der Waals surface area (Å²) in [7, 11) is 0. The minimum absolute atomic E-state index is 0. The number of benzene rings is 1. The predicted molar refractivity (Wildman–Crippen MR) is 92.0 cm³/mol. The second-order valence-electron chi connectivity index (χ2n) is 6.93. The van der Waals surface area contributed by atoms with Crippen molar-refractivity contribution >= 4 is 18.3 Å². The molecule has 4 heteroatoms. The first-order valence-electron chi connectivity index (χ1n) is 8.19. The van der Waals surface area contributed by atoms with Crippen LogP contribution in [0.15, 0.2) is 30.3 Å². The van der Waals surface area contributed by atoms with Gasteiger partial charge in [-0.25, -0.2) is 0 Å². The highest BCUT2D eigenvalue weighted by Gasteiger charge is 2.49. The summed E-state index contributed by atoms with van der Waals surface area (Å²) >= 11 is 0. The van der Waals surface area contributed by atoms with Gasteiger partial charge in [0, 0.05) is 18.0 Å². The summed E-state index contributed by atoms with van der Waals surface area (Å²) in [6.45, 7) is 4.26. The van der Waals surface area contributed by atoms with E-state index in [0.29, 0.717) is 17.8 Å². The molecule has 2 bridgehead atoms. The standard InChI is InChI=1S/C18H26N2O.ClH/c1-11(13-6-4-3-5-7-13)12(2)20-18(21)16-14-8-9-15(10-14)17(16)19;/h3-7,11-12,14-17H,8-10,19H2,1-2H3,(H,20,21);1H. The molecule has 0 aromatic heterocycles. The molecule has 122 valence electrons. The van der Waals surface area contributed by atoms with Gasteiger partial charge < -0.3 is 11.1 Å². The fourth-order valence-corrected chi connectivity index (χ4v) is 4.22. The van der Waals surface area contributed by atoms with E-state index in [-0.39, 0.29) is 36.3 Å². The first kappa shape index (κ1) is 17.3. The number of nitrogens with two attached hydrogens (primary N) is 1. The van der Waals surface area contributed by atoms with Gasteiger partial charge in [0.15, 0.2) is 0 Å². The Hall–Kier alpha value is -1.06. The highest BCUT2D eigenvalue weighted by Crippen LogP contribution is 2.47. The van der Waals surface area contributed by atoms with Crippen molar-refractivity contribution in [3.05, 3.63) is 35.9 Å². The number of carbonyl (C=O) groups excluding carboxylic acids is 1. The SMILES string of the molecule is CC(NC(=O)C1C2CCC(C2)C1N)C(C)c1ccccc1.Cl. The summed E-state index contributed by atoms with van der Waals surface area (Å²) in [5.41, 5.74) is 7.53. The fraction of sp³-hybridized carbons (Fsp3) is 0.611. The molecule has 3 N–H and O–H groups in total. The molecule has 0 spiro atoms. The number of rotatable bonds is 4. The first-order chi connectivity index (χ1) is 10.1. The molecule has 2 aliphatic rings. The van der Waals surface area contributed by atoms with Crippen molar-refractivity contribution in [3.63, 3.8) is 0 Å². The molecule has 1 aromatic rings. The van der Waals surface area contributed by atoms with Gasteiger partial charge in [-0.15, -0.1) is 12.4 Å². The lowest BCUT2D eigenvalue weighted by Gasteiger charge is -2.30. The molecule has 0 saturated heterocycles. The minimum atomic E-state index is 0. The van der Waals surface area contributed by atoms with Crippen molar-refractivity contribution in [2.24, 2.45) is 23.5 Å². The Labute approximate surface area is 139 Å². The summed E-state index contributed by atoms with van der Waals surface area (Å²) in [4.78, 5) is 12.6. The van der Waals surface area contributed by atoms with Crippen molar-refractivity contribution in [1.29, 1.82) is 0 Å². The van der Waals surface area contributed by atoms with Crippen molar-refractivity contribution in [2.45, 2.75) is 51.1 Å². The van der Waals surface area contributed by atoms with Crippen molar-refractivity contribution in [2.75, 3.05) is 0 Å². The third kappa shape index (κ3) is 3.16. The maximum atomic E-state index is 12.6. The second kappa shape index (κ2) is 7.01. The lowest BCUT2D eigenvalue weighted by Crippen LogP contribution is -2.48. The average Bonchev–Trinajstić information content (AvgIpc) is 3.08. The Morgan fingerprint density at radius 2 is 1.82 bits per heavy atom. The molecule has 1 aromatic carbocycles. The lowest BCUT2D eigenvalue weighted by atomic mass is 9.84. The molecule has 3 rings (SSSR count). The van der Waals surface area contributed by atoms with Gasteiger partial charge in [-0.1, -0.05) is 37.3 Å². The van der Waals surface area contributed by atoms with Crippen molar-refractivity contribution in [3.8, 4) is 0 Å². The number of nitrogens with one attached hydrogen (secondary N) is 1. The van der Waals surface area contributed by atoms with Crippen LogP contribution in [0.25, 0.3) is 0 Å². The van der Waals surface area contributed by atoms with Crippen LogP contribution in [0, 0.1) is 17.8 Å². The smallest absolute Gasteiger partial charge is 0.225 e. The second-order valence-corrected chi connectivity index (χ2v) is 6.93. The molecular weight excluding hydrogens is 296 g/mol. The number of hydrogen-bond donors (Lipinski definition) is 2. The Kier molecular flexibility index (Phi) is 5.51. The fourth-order valence-electron chi connectivity index (χ4n) is 4.22. The molecule has 2 aliphatic carbocycles. The Bertz CT molecular complexity index is 505. The highest BCUT2D eigenvalue weighted by molar-refractivity contribution is 5.85. The Balaban J connectivity index is 0.00000176. The molecule has 2 fully saturated rings. The van der Waals surface area contributed by atoms with Crippen LogP contribution < -0.4 is 11.1 Å².